The highest BCUT2D eigenvalue weighted by atomic mass is 16.5. The molecule has 0 saturated carbocycles. The number of ketones is 1. The van der Waals surface area contributed by atoms with E-state index in [2.05, 4.69) is 40.1 Å². The van der Waals surface area contributed by atoms with E-state index in [1.165, 1.54) is 0 Å². The van der Waals surface area contributed by atoms with Gasteiger partial charge in [0.05, 0.1) is 30.9 Å². The van der Waals surface area contributed by atoms with Crippen LogP contribution < -0.4 is 0 Å². The van der Waals surface area contributed by atoms with Gasteiger partial charge in [-0.2, -0.15) is 0 Å². The number of pyridine rings is 1. The molecule has 2 aromatic heterocycles. The van der Waals surface area contributed by atoms with Crippen molar-refractivity contribution in [1.82, 2.24) is 19.4 Å². The van der Waals surface area contributed by atoms with Crippen LogP contribution in [0.4, 0.5) is 0 Å². The zero-order valence-corrected chi connectivity index (χ0v) is 15.8. The summed E-state index contributed by atoms with van der Waals surface area (Å²) in [6, 6.07) is 8.27. The Hall–Kier alpha value is -2.57. The van der Waals surface area contributed by atoms with Crippen molar-refractivity contribution < 1.29 is 9.53 Å². The topological polar surface area (TPSA) is 60.2 Å². The first kappa shape index (κ1) is 17.8. The quantitative estimate of drug-likeness (QED) is 0.696. The van der Waals surface area contributed by atoms with E-state index in [4.69, 9.17) is 4.74 Å². The van der Waals surface area contributed by atoms with E-state index in [0.29, 0.717) is 19.4 Å². The summed E-state index contributed by atoms with van der Waals surface area (Å²) >= 11 is 0. The number of rotatable bonds is 5. The second-order valence-corrected chi connectivity index (χ2v) is 7.30. The Bertz CT molecular complexity index is 966. The number of imidazole rings is 1. The molecule has 1 aromatic carbocycles. The molecule has 3 aromatic rings. The van der Waals surface area contributed by atoms with Gasteiger partial charge in [-0.3, -0.25) is 9.78 Å². The minimum absolute atomic E-state index is 0.00634. The fraction of sp³-hybridized carbons (Fsp3) is 0.381. The first-order valence-corrected chi connectivity index (χ1v) is 9.26. The van der Waals surface area contributed by atoms with Crippen molar-refractivity contribution in [3.05, 3.63) is 48.7 Å². The summed E-state index contributed by atoms with van der Waals surface area (Å²) in [5.74, 6) is 0.171. The average molecular weight is 364 g/mol. The molecule has 1 aliphatic heterocycles. The second kappa shape index (κ2) is 7.58. The summed E-state index contributed by atoms with van der Waals surface area (Å²) in [6.07, 6.45) is 6.27. The lowest BCUT2D eigenvalue weighted by atomic mass is 10.0. The number of aryl methyl sites for hydroxylation is 1. The lowest BCUT2D eigenvalue weighted by Crippen LogP contribution is -2.41. The largest absolute Gasteiger partial charge is 0.375 e. The molecule has 0 radical (unpaired) electrons. The molecule has 6 heteroatoms. The number of carbonyl (C=O) groups excluding carboxylic acids is 1. The SMILES string of the molecule is CN1CCOC(CC(=O)Cc2cc3cc(-c4cncn4C)ccc3cn2)C1. The van der Waals surface area contributed by atoms with Crippen LogP contribution in [0.1, 0.15) is 12.1 Å². The van der Waals surface area contributed by atoms with Crippen LogP contribution in [0.15, 0.2) is 43.0 Å². The van der Waals surface area contributed by atoms with Crippen molar-refractivity contribution in [3.8, 4) is 11.3 Å². The number of Topliss-reactive ketones (excluding diaryl/α,β-unsaturated/α-hetero) is 1. The molecule has 0 aliphatic carbocycles. The minimum Gasteiger partial charge on any atom is -0.375 e. The number of carbonyl (C=O) groups is 1. The maximum Gasteiger partial charge on any atom is 0.141 e. The predicted octanol–water partition coefficient (Wildman–Crippen LogP) is 2.47. The highest BCUT2D eigenvalue weighted by molar-refractivity contribution is 5.88. The van der Waals surface area contributed by atoms with Gasteiger partial charge in [0, 0.05) is 55.8 Å². The Morgan fingerprint density at radius 1 is 1.22 bits per heavy atom. The van der Waals surface area contributed by atoms with Gasteiger partial charge >= 0.3 is 0 Å². The summed E-state index contributed by atoms with van der Waals surface area (Å²) in [4.78, 5) is 23.3. The lowest BCUT2D eigenvalue weighted by Gasteiger charge is -2.29. The normalized spacial score (nSPS) is 18.1. The Kier molecular flexibility index (Phi) is 5.01. The van der Waals surface area contributed by atoms with E-state index in [0.717, 1.165) is 40.8 Å². The van der Waals surface area contributed by atoms with E-state index in [1.807, 2.05) is 30.1 Å². The van der Waals surface area contributed by atoms with Gasteiger partial charge in [-0.1, -0.05) is 12.1 Å². The molecule has 6 nitrogen and oxygen atoms in total. The zero-order valence-electron chi connectivity index (χ0n) is 15.8. The number of benzene rings is 1. The van der Waals surface area contributed by atoms with Crippen molar-refractivity contribution in [1.29, 1.82) is 0 Å². The van der Waals surface area contributed by atoms with Gasteiger partial charge in [0.2, 0.25) is 0 Å². The molecule has 27 heavy (non-hydrogen) atoms. The van der Waals surface area contributed by atoms with E-state index < -0.39 is 0 Å². The first-order chi connectivity index (χ1) is 13.1. The van der Waals surface area contributed by atoms with Crippen LogP contribution in [-0.4, -0.2) is 58.1 Å². The standard InChI is InChI=1S/C21H24N4O2/c1-24-5-6-27-20(13-24)10-19(26)9-18-8-17-7-15(3-4-16(17)11-23-18)21-12-22-14-25(21)2/h3-4,7-8,11-12,14,20H,5-6,9-10,13H2,1-2H3. The van der Waals surface area contributed by atoms with E-state index >= 15 is 0 Å². The van der Waals surface area contributed by atoms with Crippen molar-refractivity contribution in [3.63, 3.8) is 0 Å². The highest BCUT2D eigenvalue weighted by Crippen LogP contribution is 2.24. The summed E-state index contributed by atoms with van der Waals surface area (Å²) < 4.78 is 7.70. The number of fused-ring (bicyclic) bond motifs is 1. The molecule has 140 valence electrons. The second-order valence-electron chi connectivity index (χ2n) is 7.30. The third kappa shape index (κ3) is 4.07. The van der Waals surface area contributed by atoms with E-state index in [9.17, 15) is 4.79 Å². The number of nitrogens with zero attached hydrogens (tertiary/aromatic N) is 4. The van der Waals surface area contributed by atoms with Crippen molar-refractivity contribution in [2.45, 2.75) is 18.9 Å². The highest BCUT2D eigenvalue weighted by Gasteiger charge is 2.21. The van der Waals surface area contributed by atoms with Crippen LogP contribution in [0.2, 0.25) is 0 Å². The lowest BCUT2D eigenvalue weighted by molar-refractivity contribution is -0.123. The Morgan fingerprint density at radius 3 is 2.89 bits per heavy atom. The maximum absolute atomic E-state index is 12.5. The monoisotopic (exact) mass is 364 g/mol. The Morgan fingerprint density at radius 2 is 2.11 bits per heavy atom. The van der Waals surface area contributed by atoms with Crippen molar-refractivity contribution >= 4 is 16.6 Å². The van der Waals surface area contributed by atoms with Gasteiger partial charge in [-0.05, 0) is 24.6 Å². The Labute approximate surface area is 158 Å². The molecule has 1 saturated heterocycles. The van der Waals surface area contributed by atoms with Gasteiger partial charge in [0.1, 0.15) is 5.78 Å². The molecule has 4 rings (SSSR count). The zero-order chi connectivity index (χ0) is 18.8. The van der Waals surface area contributed by atoms with Gasteiger partial charge in [-0.15, -0.1) is 0 Å². The summed E-state index contributed by atoms with van der Waals surface area (Å²) in [7, 11) is 4.04. The number of ether oxygens (including phenoxy) is 1. The molecular formula is C21H24N4O2. The molecule has 1 unspecified atom stereocenters. The van der Waals surface area contributed by atoms with Crippen LogP contribution >= 0.6 is 0 Å². The fourth-order valence-corrected chi connectivity index (χ4v) is 3.60. The smallest absolute Gasteiger partial charge is 0.141 e. The van der Waals surface area contributed by atoms with Crippen LogP contribution in [0, 0.1) is 0 Å². The van der Waals surface area contributed by atoms with Crippen LogP contribution in [0.25, 0.3) is 22.0 Å². The molecule has 3 heterocycles. The molecule has 0 amide bonds. The van der Waals surface area contributed by atoms with E-state index in [-0.39, 0.29) is 11.9 Å². The third-order valence-corrected chi connectivity index (χ3v) is 5.07. The predicted molar refractivity (Wildman–Crippen MR) is 105 cm³/mol. The number of likely N-dealkylation sites (N-methyl/N-ethyl adjacent to an activating group) is 1. The molecule has 1 aliphatic rings. The van der Waals surface area contributed by atoms with Crippen LogP contribution in [-0.2, 0) is 23.0 Å². The van der Waals surface area contributed by atoms with E-state index in [1.54, 1.807) is 6.33 Å². The summed E-state index contributed by atoms with van der Waals surface area (Å²) in [5, 5.41) is 2.15. The van der Waals surface area contributed by atoms with Crippen molar-refractivity contribution in [2.75, 3.05) is 26.7 Å². The maximum atomic E-state index is 12.5. The van der Waals surface area contributed by atoms with Gasteiger partial charge < -0.3 is 14.2 Å². The first-order valence-electron chi connectivity index (χ1n) is 9.26. The number of aromatic nitrogens is 3. The molecule has 0 spiro atoms. The van der Waals surface area contributed by atoms with Crippen LogP contribution in [0.5, 0.6) is 0 Å². The number of morpholine rings is 1. The fourth-order valence-electron chi connectivity index (χ4n) is 3.60. The van der Waals surface area contributed by atoms with Crippen LogP contribution in [0.3, 0.4) is 0 Å². The minimum atomic E-state index is -0.00634. The number of hydrogen-bond donors (Lipinski definition) is 0. The van der Waals surface area contributed by atoms with Gasteiger partial charge in [-0.25, -0.2) is 4.98 Å². The number of hydrogen-bond acceptors (Lipinski definition) is 5. The molecule has 0 bridgehead atoms. The average Bonchev–Trinajstić information content (AvgIpc) is 3.07. The Balaban J connectivity index is 1.50. The molecule has 0 N–H and O–H groups in total. The summed E-state index contributed by atoms with van der Waals surface area (Å²) in [5.41, 5.74) is 2.97. The van der Waals surface area contributed by atoms with Gasteiger partial charge in [0.15, 0.2) is 0 Å². The summed E-state index contributed by atoms with van der Waals surface area (Å²) in [6.45, 7) is 2.43. The van der Waals surface area contributed by atoms with Gasteiger partial charge in [0.25, 0.3) is 0 Å². The molecular weight excluding hydrogens is 340 g/mol. The third-order valence-electron chi connectivity index (χ3n) is 5.07. The van der Waals surface area contributed by atoms with Crippen molar-refractivity contribution in [2.24, 2.45) is 7.05 Å². The molecule has 1 atom stereocenters. The molecule has 1 fully saturated rings.